The summed E-state index contributed by atoms with van der Waals surface area (Å²) in [5.41, 5.74) is 2.62. The summed E-state index contributed by atoms with van der Waals surface area (Å²) in [6, 6.07) is 7.63. The summed E-state index contributed by atoms with van der Waals surface area (Å²) in [4.78, 5) is 19.0. The van der Waals surface area contributed by atoms with Crippen LogP contribution in [0.3, 0.4) is 0 Å². The second kappa shape index (κ2) is 8.49. The second-order valence-electron chi connectivity index (χ2n) is 6.33. The Morgan fingerprint density at radius 3 is 3.08 bits per heavy atom. The van der Waals surface area contributed by atoms with Gasteiger partial charge in [-0.1, -0.05) is 17.7 Å². The van der Waals surface area contributed by atoms with Crippen molar-refractivity contribution in [3.63, 3.8) is 0 Å². The molecule has 7 heteroatoms. The van der Waals surface area contributed by atoms with Gasteiger partial charge in [0, 0.05) is 49.2 Å². The molecule has 0 saturated carbocycles. The monoisotopic (exact) mass is 374 g/mol. The molecule has 26 heavy (non-hydrogen) atoms. The van der Waals surface area contributed by atoms with E-state index < -0.39 is 0 Å². The number of anilines is 1. The van der Waals surface area contributed by atoms with Crippen molar-refractivity contribution in [1.82, 2.24) is 15.2 Å². The molecular formula is C19H23ClN4O2. The third kappa shape index (κ3) is 4.33. The number of aromatic nitrogens is 1. The molecular weight excluding hydrogens is 352 g/mol. The highest BCUT2D eigenvalue weighted by atomic mass is 35.5. The average molecular weight is 375 g/mol. The first-order valence-corrected chi connectivity index (χ1v) is 8.95. The van der Waals surface area contributed by atoms with E-state index in [9.17, 15) is 4.79 Å². The number of methoxy groups -OCH3 is 1. The fourth-order valence-corrected chi connectivity index (χ4v) is 3.30. The highest BCUT2D eigenvalue weighted by Gasteiger charge is 2.26. The summed E-state index contributed by atoms with van der Waals surface area (Å²) < 4.78 is 5.33. The summed E-state index contributed by atoms with van der Waals surface area (Å²) >= 11 is 6.13. The van der Waals surface area contributed by atoms with Crippen molar-refractivity contribution < 1.29 is 9.53 Å². The third-order valence-corrected chi connectivity index (χ3v) is 4.93. The van der Waals surface area contributed by atoms with Crippen molar-refractivity contribution in [3.05, 3.63) is 52.8 Å². The number of carbonyl (C=O) groups is 1. The zero-order valence-corrected chi connectivity index (χ0v) is 15.7. The molecule has 2 aromatic rings. The Kier molecular flexibility index (Phi) is 6.08. The Labute approximate surface area is 158 Å². The maximum absolute atomic E-state index is 12.6. The molecule has 1 saturated heterocycles. The van der Waals surface area contributed by atoms with Crippen LogP contribution >= 0.6 is 11.6 Å². The van der Waals surface area contributed by atoms with Crippen LogP contribution in [-0.4, -0.2) is 49.1 Å². The lowest BCUT2D eigenvalue weighted by Crippen LogP contribution is -2.48. The molecule has 1 unspecified atom stereocenters. The Morgan fingerprint density at radius 1 is 1.50 bits per heavy atom. The molecule has 1 aromatic carbocycles. The van der Waals surface area contributed by atoms with Crippen LogP contribution in [0.1, 0.15) is 17.2 Å². The molecule has 0 bridgehead atoms. The van der Waals surface area contributed by atoms with Gasteiger partial charge in [0.2, 0.25) is 5.91 Å². The van der Waals surface area contributed by atoms with Crippen LogP contribution in [0.2, 0.25) is 5.02 Å². The number of halogens is 1. The molecule has 2 N–H and O–H groups in total. The van der Waals surface area contributed by atoms with Crippen molar-refractivity contribution >= 4 is 23.2 Å². The minimum Gasteiger partial charge on any atom is -0.495 e. The first-order chi connectivity index (χ1) is 12.6. The number of piperazine rings is 1. The minimum atomic E-state index is -0.0826. The van der Waals surface area contributed by atoms with E-state index >= 15 is 0 Å². The van der Waals surface area contributed by atoms with E-state index in [1.165, 1.54) is 0 Å². The van der Waals surface area contributed by atoms with Crippen LogP contribution in [0, 0.1) is 6.92 Å². The normalized spacial score (nSPS) is 17.7. The Balaban J connectivity index is 1.72. The summed E-state index contributed by atoms with van der Waals surface area (Å²) in [5.74, 6) is 0.471. The topological polar surface area (TPSA) is 66.5 Å². The van der Waals surface area contributed by atoms with Crippen LogP contribution in [0.25, 0.3) is 0 Å². The number of hydrogen-bond donors (Lipinski definition) is 2. The quantitative estimate of drug-likeness (QED) is 0.842. The molecule has 0 spiro atoms. The zero-order chi connectivity index (χ0) is 18.5. The fraction of sp³-hybridized carbons (Fsp3) is 0.368. The van der Waals surface area contributed by atoms with E-state index in [0.717, 1.165) is 30.8 Å². The number of rotatable bonds is 5. The number of nitrogens with zero attached hydrogens (tertiary/aromatic N) is 2. The van der Waals surface area contributed by atoms with E-state index in [1.807, 2.05) is 31.3 Å². The molecule has 1 atom stereocenters. The van der Waals surface area contributed by atoms with Gasteiger partial charge in [-0.05, 0) is 30.2 Å². The van der Waals surface area contributed by atoms with Gasteiger partial charge in [0.1, 0.15) is 5.75 Å². The van der Waals surface area contributed by atoms with Gasteiger partial charge in [0.15, 0.2) is 0 Å². The predicted octanol–water partition coefficient (Wildman–Crippen LogP) is 2.64. The molecule has 1 amide bonds. The maximum Gasteiger partial charge on any atom is 0.238 e. The fourth-order valence-electron chi connectivity index (χ4n) is 3.14. The highest BCUT2D eigenvalue weighted by Crippen LogP contribution is 2.31. The highest BCUT2D eigenvalue weighted by molar-refractivity contribution is 6.31. The van der Waals surface area contributed by atoms with Gasteiger partial charge in [-0.25, -0.2) is 0 Å². The van der Waals surface area contributed by atoms with Crippen molar-refractivity contribution in [2.24, 2.45) is 0 Å². The summed E-state index contributed by atoms with van der Waals surface area (Å²) in [5, 5.41) is 6.94. The third-order valence-electron chi connectivity index (χ3n) is 4.52. The van der Waals surface area contributed by atoms with Gasteiger partial charge in [-0.15, -0.1) is 0 Å². The lowest BCUT2D eigenvalue weighted by molar-refractivity contribution is -0.118. The number of pyridine rings is 1. The largest absolute Gasteiger partial charge is 0.495 e. The van der Waals surface area contributed by atoms with E-state index in [-0.39, 0.29) is 11.9 Å². The van der Waals surface area contributed by atoms with Crippen LogP contribution < -0.4 is 15.4 Å². The first kappa shape index (κ1) is 18.6. The van der Waals surface area contributed by atoms with E-state index in [2.05, 4.69) is 20.5 Å². The smallest absolute Gasteiger partial charge is 0.238 e. The van der Waals surface area contributed by atoms with Crippen molar-refractivity contribution in [2.45, 2.75) is 13.0 Å². The molecule has 2 heterocycles. The van der Waals surface area contributed by atoms with Crippen LogP contribution in [0.4, 0.5) is 5.69 Å². The second-order valence-corrected chi connectivity index (χ2v) is 6.73. The molecule has 3 rings (SSSR count). The molecule has 1 aliphatic heterocycles. The molecule has 0 radical (unpaired) electrons. The van der Waals surface area contributed by atoms with Crippen molar-refractivity contribution in [3.8, 4) is 5.75 Å². The SMILES string of the molecule is COc1cc(Cl)c(C)cc1NC(=O)CN1CCNCC1c1cccnc1. The molecule has 0 aliphatic carbocycles. The summed E-state index contributed by atoms with van der Waals surface area (Å²) in [7, 11) is 1.56. The number of hydrogen-bond acceptors (Lipinski definition) is 5. The van der Waals surface area contributed by atoms with Gasteiger partial charge < -0.3 is 15.4 Å². The zero-order valence-electron chi connectivity index (χ0n) is 15.0. The van der Waals surface area contributed by atoms with Crippen molar-refractivity contribution in [1.29, 1.82) is 0 Å². The lowest BCUT2D eigenvalue weighted by Gasteiger charge is -2.35. The lowest BCUT2D eigenvalue weighted by atomic mass is 10.1. The number of benzene rings is 1. The predicted molar refractivity (Wildman–Crippen MR) is 103 cm³/mol. The number of nitrogens with one attached hydrogen (secondary N) is 2. The van der Waals surface area contributed by atoms with E-state index in [4.69, 9.17) is 16.3 Å². The van der Waals surface area contributed by atoms with Gasteiger partial charge in [-0.2, -0.15) is 0 Å². The minimum absolute atomic E-state index is 0.0826. The maximum atomic E-state index is 12.6. The van der Waals surface area contributed by atoms with Crippen LogP contribution in [0.5, 0.6) is 5.75 Å². The Bertz CT molecular complexity index is 770. The average Bonchev–Trinajstić information content (AvgIpc) is 2.65. The molecule has 1 fully saturated rings. The summed E-state index contributed by atoms with van der Waals surface area (Å²) in [6.45, 7) is 4.64. The number of carbonyl (C=O) groups excluding carboxylic acids is 1. The van der Waals surface area contributed by atoms with Crippen LogP contribution in [0.15, 0.2) is 36.7 Å². The number of amides is 1. The molecule has 6 nitrogen and oxygen atoms in total. The number of aryl methyl sites for hydroxylation is 1. The Morgan fingerprint density at radius 2 is 2.35 bits per heavy atom. The van der Waals surface area contributed by atoms with Crippen molar-refractivity contribution in [2.75, 3.05) is 38.6 Å². The molecule has 138 valence electrons. The van der Waals surface area contributed by atoms with Gasteiger partial charge in [-0.3, -0.25) is 14.7 Å². The standard InChI is InChI=1S/C19H23ClN4O2/c1-13-8-16(18(26-2)9-15(13)20)23-19(25)12-24-7-6-22-11-17(24)14-4-3-5-21-10-14/h3-5,8-10,17,22H,6-7,11-12H2,1-2H3,(H,23,25). The van der Waals surface area contributed by atoms with E-state index in [0.29, 0.717) is 23.0 Å². The van der Waals surface area contributed by atoms with Crippen LogP contribution in [-0.2, 0) is 4.79 Å². The van der Waals surface area contributed by atoms with Gasteiger partial charge in [0.25, 0.3) is 0 Å². The summed E-state index contributed by atoms with van der Waals surface area (Å²) in [6.07, 6.45) is 3.61. The van der Waals surface area contributed by atoms with E-state index in [1.54, 1.807) is 19.4 Å². The van der Waals surface area contributed by atoms with Gasteiger partial charge >= 0.3 is 0 Å². The Hall–Kier alpha value is -2.15. The molecule has 1 aromatic heterocycles. The first-order valence-electron chi connectivity index (χ1n) is 8.57. The van der Waals surface area contributed by atoms with Gasteiger partial charge in [0.05, 0.1) is 19.3 Å². The number of ether oxygens (including phenoxy) is 1. The molecule has 1 aliphatic rings.